The zero-order valence-corrected chi connectivity index (χ0v) is 18.9. The molecular weight excluding hydrogens is 406 g/mol. The Kier molecular flexibility index (Phi) is 5.94. The fraction of sp³-hybridized carbons (Fsp3) is 0.417. The van der Waals surface area contributed by atoms with Gasteiger partial charge in [-0.1, -0.05) is 39.0 Å². The number of rotatable bonds is 5. The summed E-state index contributed by atoms with van der Waals surface area (Å²) in [6.07, 6.45) is 0.866. The third-order valence-electron chi connectivity index (χ3n) is 6.30. The van der Waals surface area contributed by atoms with Crippen LogP contribution in [0.3, 0.4) is 0 Å². The van der Waals surface area contributed by atoms with Crippen LogP contribution in [-0.2, 0) is 0 Å². The van der Waals surface area contributed by atoms with Crippen molar-refractivity contribution < 1.29 is 15.0 Å². The van der Waals surface area contributed by atoms with E-state index in [0.717, 1.165) is 48.7 Å². The average Bonchev–Trinajstić information content (AvgIpc) is 3.14. The molecule has 2 heterocycles. The molecule has 170 valence electrons. The number of hydrogen-bond donors (Lipinski definition) is 4. The molecule has 4 rings (SSSR count). The Bertz CT molecular complexity index is 1010. The van der Waals surface area contributed by atoms with E-state index in [1.165, 1.54) is 0 Å². The van der Waals surface area contributed by atoms with Gasteiger partial charge in [0.1, 0.15) is 18.4 Å². The number of nitrogens with zero attached hydrogens (tertiary/aromatic N) is 3. The highest BCUT2D eigenvalue weighted by Crippen LogP contribution is 2.40. The lowest BCUT2D eigenvalue weighted by molar-refractivity contribution is 0.0520. The van der Waals surface area contributed by atoms with Crippen LogP contribution in [0.1, 0.15) is 20.8 Å². The van der Waals surface area contributed by atoms with Gasteiger partial charge in [-0.2, -0.15) is 9.91 Å². The fourth-order valence-electron chi connectivity index (χ4n) is 4.12. The maximum atomic E-state index is 13.2. The molecular formula is C24H32N5O3+. The summed E-state index contributed by atoms with van der Waals surface area (Å²) in [5.74, 6) is 0.203. The SMILES string of the molecule is CC(C)(C)C(O)C[N+]1(c2cc(-c3ccc(O)cc3)ccc2N2CCNCC2)C=NNC1=O. The minimum atomic E-state index is -0.731. The molecule has 2 unspecified atom stereocenters. The van der Waals surface area contributed by atoms with Gasteiger partial charge in [-0.05, 0) is 34.7 Å². The Morgan fingerprint density at radius 1 is 1.09 bits per heavy atom. The number of urea groups is 1. The molecule has 0 bridgehead atoms. The van der Waals surface area contributed by atoms with Crippen LogP contribution in [0.4, 0.5) is 16.2 Å². The van der Waals surface area contributed by atoms with Gasteiger partial charge in [0.15, 0.2) is 5.69 Å². The molecule has 2 atom stereocenters. The molecule has 32 heavy (non-hydrogen) atoms. The molecule has 8 nitrogen and oxygen atoms in total. The van der Waals surface area contributed by atoms with Crippen molar-refractivity contribution >= 4 is 23.7 Å². The van der Waals surface area contributed by atoms with Gasteiger partial charge in [0.05, 0.1) is 5.69 Å². The first-order valence-corrected chi connectivity index (χ1v) is 11.0. The van der Waals surface area contributed by atoms with Crippen molar-refractivity contribution in [1.29, 1.82) is 0 Å². The van der Waals surface area contributed by atoms with Crippen LogP contribution >= 0.6 is 0 Å². The molecule has 0 aromatic heterocycles. The molecule has 1 fully saturated rings. The predicted molar refractivity (Wildman–Crippen MR) is 128 cm³/mol. The number of benzene rings is 2. The van der Waals surface area contributed by atoms with Crippen LogP contribution in [0.5, 0.6) is 5.75 Å². The van der Waals surface area contributed by atoms with Crippen LogP contribution in [-0.4, -0.2) is 61.4 Å². The van der Waals surface area contributed by atoms with E-state index in [9.17, 15) is 15.0 Å². The summed E-state index contributed by atoms with van der Waals surface area (Å²) in [6, 6.07) is 12.8. The second-order valence-electron chi connectivity index (χ2n) is 9.58. The average molecular weight is 439 g/mol. The highest BCUT2D eigenvalue weighted by Gasteiger charge is 2.48. The summed E-state index contributed by atoms with van der Waals surface area (Å²) in [4.78, 5) is 15.5. The Morgan fingerprint density at radius 2 is 1.75 bits per heavy atom. The summed E-state index contributed by atoms with van der Waals surface area (Å²) in [7, 11) is 0. The summed E-state index contributed by atoms with van der Waals surface area (Å²) in [5, 5.41) is 28.2. The number of phenols is 1. The van der Waals surface area contributed by atoms with Gasteiger partial charge in [-0.25, -0.2) is 4.79 Å². The molecule has 8 heteroatoms. The lowest BCUT2D eigenvalue weighted by Crippen LogP contribution is -2.58. The maximum absolute atomic E-state index is 13.2. The number of aliphatic hydroxyl groups excluding tert-OH is 1. The van der Waals surface area contributed by atoms with E-state index in [2.05, 4.69) is 20.7 Å². The molecule has 2 aromatic carbocycles. The Hall–Kier alpha value is -2.94. The van der Waals surface area contributed by atoms with Crippen LogP contribution in [0.25, 0.3) is 11.1 Å². The number of carbonyl (C=O) groups excluding carboxylic acids is 1. The topological polar surface area (TPSA) is 97.2 Å². The first-order valence-electron chi connectivity index (χ1n) is 11.0. The van der Waals surface area contributed by atoms with Crippen LogP contribution in [0, 0.1) is 5.41 Å². The van der Waals surface area contributed by atoms with Gasteiger partial charge in [0.25, 0.3) is 0 Å². The number of aromatic hydroxyl groups is 1. The Morgan fingerprint density at radius 3 is 2.34 bits per heavy atom. The summed E-state index contributed by atoms with van der Waals surface area (Å²) < 4.78 is -0.205. The largest absolute Gasteiger partial charge is 0.508 e. The number of nitrogens with one attached hydrogen (secondary N) is 2. The number of carbonyl (C=O) groups is 1. The lowest BCUT2D eigenvalue weighted by Gasteiger charge is -2.37. The summed E-state index contributed by atoms with van der Waals surface area (Å²) in [5.41, 5.74) is 5.79. The number of amides is 2. The zero-order valence-electron chi connectivity index (χ0n) is 18.9. The highest BCUT2D eigenvalue weighted by molar-refractivity contribution is 6.07. The second-order valence-corrected chi connectivity index (χ2v) is 9.58. The predicted octanol–water partition coefficient (Wildman–Crippen LogP) is 2.85. The molecule has 0 saturated carbocycles. The quantitative estimate of drug-likeness (QED) is 0.539. The molecule has 0 spiro atoms. The third-order valence-corrected chi connectivity index (χ3v) is 6.30. The minimum absolute atomic E-state index is 0.178. The molecule has 0 aliphatic carbocycles. The van der Waals surface area contributed by atoms with Gasteiger partial charge in [-0.15, -0.1) is 5.10 Å². The van der Waals surface area contributed by atoms with Crippen LogP contribution in [0.15, 0.2) is 47.6 Å². The number of phenolic OH excluding ortho intramolecular Hbond substituents is 1. The summed E-state index contributed by atoms with van der Waals surface area (Å²) in [6.45, 7) is 9.44. The second kappa shape index (κ2) is 8.54. The third kappa shape index (κ3) is 4.21. The van der Waals surface area contributed by atoms with E-state index < -0.39 is 11.5 Å². The fourth-order valence-corrected chi connectivity index (χ4v) is 4.12. The van der Waals surface area contributed by atoms with Crippen molar-refractivity contribution in [2.45, 2.75) is 26.9 Å². The molecule has 2 aromatic rings. The molecule has 0 radical (unpaired) electrons. The number of aliphatic hydroxyl groups is 1. The monoisotopic (exact) mass is 438 g/mol. The van der Waals surface area contributed by atoms with Crippen molar-refractivity contribution in [3.63, 3.8) is 0 Å². The lowest BCUT2D eigenvalue weighted by atomic mass is 9.88. The van der Waals surface area contributed by atoms with Crippen molar-refractivity contribution in [2.24, 2.45) is 10.5 Å². The van der Waals surface area contributed by atoms with Gasteiger partial charge in [-0.3, -0.25) is 0 Å². The number of anilines is 1. The van der Waals surface area contributed by atoms with Gasteiger partial charge in [0, 0.05) is 32.2 Å². The summed E-state index contributed by atoms with van der Waals surface area (Å²) >= 11 is 0. The molecule has 4 N–H and O–H groups in total. The number of quaternary nitrogens is 1. The van der Waals surface area contributed by atoms with Gasteiger partial charge >= 0.3 is 6.03 Å². The molecule has 2 amide bonds. The van der Waals surface area contributed by atoms with Crippen molar-refractivity contribution in [1.82, 2.24) is 15.2 Å². The number of piperazine rings is 1. The zero-order chi connectivity index (χ0) is 22.9. The van der Waals surface area contributed by atoms with Crippen LogP contribution < -0.4 is 20.1 Å². The van der Waals surface area contributed by atoms with Crippen molar-refractivity contribution in [3.8, 4) is 16.9 Å². The van der Waals surface area contributed by atoms with E-state index >= 15 is 0 Å². The minimum Gasteiger partial charge on any atom is -0.508 e. The highest BCUT2D eigenvalue weighted by atomic mass is 16.3. The van der Waals surface area contributed by atoms with E-state index in [0.29, 0.717) is 0 Å². The van der Waals surface area contributed by atoms with E-state index in [4.69, 9.17) is 0 Å². The number of hydrazone groups is 1. The van der Waals surface area contributed by atoms with Crippen molar-refractivity contribution in [2.75, 3.05) is 37.6 Å². The van der Waals surface area contributed by atoms with Gasteiger partial charge < -0.3 is 20.4 Å². The van der Waals surface area contributed by atoms with E-state index in [-0.39, 0.29) is 22.8 Å². The van der Waals surface area contributed by atoms with Crippen LogP contribution in [0.2, 0.25) is 0 Å². The Labute approximate surface area is 188 Å². The Balaban J connectivity index is 1.87. The van der Waals surface area contributed by atoms with Gasteiger partial charge in [0.2, 0.25) is 6.34 Å². The first-order chi connectivity index (χ1) is 15.2. The standard InChI is InChI=1S/C24H31N5O3/c1-24(2,3)22(31)15-29(16-26-27-23(29)32)21-14-18(17-4-7-19(30)8-5-17)6-9-20(21)28-12-10-25-11-13-28/h4-9,14,16,22,25,31H,10-13,15H2,1-3H3,(H-,27,30,32)/p+1. The van der Waals surface area contributed by atoms with E-state index in [1.54, 1.807) is 18.5 Å². The smallest absolute Gasteiger partial charge is 0.448 e. The van der Waals surface area contributed by atoms with Crippen molar-refractivity contribution in [3.05, 3.63) is 42.5 Å². The molecule has 2 aliphatic heterocycles. The maximum Gasteiger partial charge on any atom is 0.448 e. The van der Waals surface area contributed by atoms with E-state index in [1.807, 2.05) is 51.1 Å². The molecule has 2 aliphatic rings. The normalized spacial score (nSPS) is 22.1. The first kappa shape index (κ1) is 22.3. The molecule has 1 saturated heterocycles. The number of hydrogen-bond acceptors (Lipinski definition) is 6.